The van der Waals surface area contributed by atoms with Gasteiger partial charge in [-0.25, -0.2) is 9.89 Å². The van der Waals surface area contributed by atoms with Gasteiger partial charge in [-0.05, 0) is 54.3 Å². The normalized spacial score (nSPS) is 11.3. The number of unbranched alkanes of at least 4 members (excludes halogenated alkanes) is 3. The van der Waals surface area contributed by atoms with Crippen LogP contribution in [0.4, 0.5) is 0 Å². The summed E-state index contributed by atoms with van der Waals surface area (Å²) < 4.78 is 3.94. The Labute approximate surface area is 200 Å². The summed E-state index contributed by atoms with van der Waals surface area (Å²) in [6.07, 6.45) is 8.21. The Morgan fingerprint density at radius 3 is 2.47 bits per heavy atom. The van der Waals surface area contributed by atoms with Gasteiger partial charge in [-0.1, -0.05) is 57.4 Å². The maximum Gasteiger partial charge on any atom is 0.328 e. The number of imidazole rings is 1. The van der Waals surface area contributed by atoms with Crippen molar-refractivity contribution in [2.75, 3.05) is 0 Å². The fourth-order valence-electron chi connectivity index (χ4n) is 4.41. The van der Waals surface area contributed by atoms with Gasteiger partial charge in [0.05, 0.1) is 12.2 Å². The molecule has 0 saturated heterocycles. The number of nitrogens with zero attached hydrogens (tertiary/aromatic N) is 6. The standard InChI is InChI=1S/C26H33N7O/c1-4-6-8-17-32-19(3)23(11-7-5-2)33(26(32)34)18-20-12-14-21(15-13-20)24-22(10-9-16-27-24)25-28-30-31-29-25/h9-10,12-16H,4-8,11,17-18H2,1-3H3,(H,28,29,30,31). The number of aromatic nitrogens is 7. The van der Waals surface area contributed by atoms with Crippen LogP contribution in [0.1, 0.15) is 62.9 Å². The molecule has 0 spiro atoms. The lowest BCUT2D eigenvalue weighted by molar-refractivity contribution is 0.566. The maximum atomic E-state index is 13.3. The molecule has 178 valence electrons. The lowest BCUT2D eigenvalue weighted by Gasteiger charge is -2.10. The van der Waals surface area contributed by atoms with E-state index in [-0.39, 0.29) is 5.69 Å². The lowest BCUT2D eigenvalue weighted by atomic mass is 10.0. The number of hydrogen-bond acceptors (Lipinski definition) is 5. The molecule has 0 bridgehead atoms. The molecule has 0 amide bonds. The van der Waals surface area contributed by atoms with Gasteiger partial charge in [0.15, 0.2) is 5.82 Å². The molecule has 3 aromatic heterocycles. The molecule has 0 unspecified atom stereocenters. The minimum Gasteiger partial charge on any atom is -0.296 e. The smallest absolute Gasteiger partial charge is 0.296 e. The van der Waals surface area contributed by atoms with Gasteiger partial charge in [-0.2, -0.15) is 0 Å². The van der Waals surface area contributed by atoms with Crippen LogP contribution in [0.15, 0.2) is 47.4 Å². The third-order valence-corrected chi connectivity index (χ3v) is 6.34. The average molecular weight is 460 g/mol. The first kappa shape index (κ1) is 23.6. The van der Waals surface area contributed by atoms with Gasteiger partial charge in [-0.3, -0.25) is 14.1 Å². The maximum absolute atomic E-state index is 13.3. The number of H-pyrrole nitrogens is 1. The summed E-state index contributed by atoms with van der Waals surface area (Å²) in [5.74, 6) is 0.583. The van der Waals surface area contributed by atoms with Crippen molar-refractivity contribution >= 4 is 0 Å². The second kappa shape index (κ2) is 11.0. The van der Waals surface area contributed by atoms with Crippen molar-refractivity contribution in [2.45, 2.75) is 72.4 Å². The van der Waals surface area contributed by atoms with Crippen molar-refractivity contribution in [1.29, 1.82) is 0 Å². The van der Waals surface area contributed by atoms with Crippen LogP contribution in [-0.2, 0) is 19.5 Å². The predicted octanol–water partition coefficient (Wildman–Crippen LogP) is 4.78. The van der Waals surface area contributed by atoms with Crippen LogP contribution in [0.5, 0.6) is 0 Å². The Morgan fingerprint density at radius 1 is 0.971 bits per heavy atom. The number of pyridine rings is 1. The summed E-state index contributed by atoms with van der Waals surface area (Å²) in [7, 11) is 0. The van der Waals surface area contributed by atoms with E-state index in [9.17, 15) is 4.79 Å². The topological polar surface area (TPSA) is 94.3 Å². The molecule has 8 heteroatoms. The third-order valence-electron chi connectivity index (χ3n) is 6.34. The molecule has 0 aliphatic heterocycles. The Morgan fingerprint density at radius 2 is 1.76 bits per heavy atom. The molecule has 34 heavy (non-hydrogen) atoms. The van der Waals surface area contributed by atoms with Gasteiger partial charge in [0.25, 0.3) is 0 Å². The summed E-state index contributed by atoms with van der Waals surface area (Å²) in [6, 6.07) is 12.1. The Hall–Kier alpha value is -3.55. The van der Waals surface area contributed by atoms with Crippen molar-refractivity contribution in [3.63, 3.8) is 0 Å². The fourth-order valence-corrected chi connectivity index (χ4v) is 4.41. The molecule has 1 aromatic carbocycles. The number of aromatic amines is 1. The highest BCUT2D eigenvalue weighted by molar-refractivity contribution is 5.76. The average Bonchev–Trinajstić information content (AvgIpc) is 3.47. The van der Waals surface area contributed by atoms with Crippen LogP contribution in [0, 0.1) is 6.92 Å². The Kier molecular flexibility index (Phi) is 7.67. The first-order chi connectivity index (χ1) is 16.6. The second-order valence-electron chi connectivity index (χ2n) is 8.71. The molecule has 4 rings (SSSR count). The van der Waals surface area contributed by atoms with Gasteiger partial charge in [0, 0.05) is 35.3 Å². The summed E-state index contributed by atoms with van der Waals surface area (Å²) in [4.78, 5) is 17.9. The van der Waals surface area contributed by atoms with Gasteiger partial charge in [0.2, 0.25) is 0 Å². The second-order valence-corrected chi connectivity index (χ2v) is 8.71. The van der Waals surface area contributed by atoms with Crippen molar-refractivity contribution in [3.05, 3.63) is 70.0 Å². The first-order valence-corrected chi connectivity index (χ1v) is 12.2. The molecule has 0 aliphatic carbocycles. The highest BCUT2D eigenvalue weighted by Crippen LogP contribution is 2.27. The lowest BCUT2D eigenvalue weighted by Crippen LogP contribution is -2.26. The SMILES string of the molecule is CCCCCn1c(C)c(CCCC)n(Cc2ccc(-c3ncccc3-c3nnn[nH]3)cc2)c1=O. The molecule has 1 N–H and O–H groups in total. The number of rotatable bonds is 11. The number of nitrogens with one attached hydrogen (secondary N) is 1. The van der Waals surface area contributed by atoms with E-state index in [2.05, 4.69) is 58.5 Å². The summed E-state index contributed by atoms with van der Waals surface area (Å²) in [5.41, 5.74) is 6.11. The van der Waals surface area contributed by atoms with Gasteiger partial charge in [-0.15, -0.1) is 5.10 Å². The van der Waals surface area contributed by atoms with Crippen molar-refractivity contribution in [1.82, 2.24) is 34.7 Å². The monoisotopic (exact) mass is 459 g/mol. The third kappa shape index (κ3) is 5.00. The molecule has 0 aliphatic rings. The molecule has 0 fully saturated rings. The van der Waals surface area contributed by atoms with Crippen LogP contribution in [-0.4, -0.2) is 34.7 Å². The van der Waals surface area contributed by atoms with E-state index in [1.54, 1.807) is 6.20 Å². The molecule has 0 radical (unpaired) electrons. The number of benzene rings is 1. The van der Waals surface area contributed by atoms with E-state index in [1.807, 2.05) is 33.4 Å². The van der Waals surface area contributed by atoms with E-state index in [4.69, 9.17) is 0 Å². The molecule has 0 saturated carbocycles. The Bertz CT molecular complexity index is 1250. The van der Waals surface area contributed by atoms with E-state index in [1.165, 1.54) is 0 Å². The fraction of sp³-hybridized carbons (Fsp3) is 0.423. The largest absolute Gasteiger partial charge is 0.328 e. The van der Waals surface area contributed by atoms with E-state index in [0.717, 1.165) is 78.8 Å². The van der Waals surface area contributed by atoms with Gasteiger partial charge < -0.3 is 0 Å². The molecular weight excluding hydrogens is 426 g/mol. The van der Waals surface area contributed by atoms with Crippen LogP contribution in [0.3, 0.4) is 0 Å². The molecule has 8 nitrogen and oxygen atoms in total. The number of tetrazole rings is 1. The number of hydrogen-bond donors (Lipinski definition) is 1. The zero-order valence-electron chi connectivity index (χ0n) is 20.3. The quantitative estimate of drug-likeness (QED) is 0.326. The van der Waals surface area contributed by atoms with E-state index >= 15 is 0 Å². The van der Waals surface area contributed by atoms with E-state index < -0.39 is 0 Å². The first-order valence-electron chi connectivity index (χ1n) is 12.2. The predicted molar refractivity (Wildman–Crippen MR) is 134 cm³/mol. The van der Waals surface area contributed by atoms with Crippen molar-refractivity contribution in [2.24, 2.45) is 0 Å². The highest BCUT2D eigenvalue weighted by Gasteiger charge is 2.17. The minimum atomic E-state index is 0.105. The summed E-state index contributed by atoms with van der Waals surface area (Å²) in [6.45, 7) is 7.84. The summed E-state index contributed by atoms with van der Waals surface area (Å²) >= 11 is 0. The molecule has 3 heterocycles. The van der Waals surface area contributed by atoms with Crippen LogP contribution in [0.25, 0.3) is 22.6 Å². The van der Waals surface area contributed by atoms with E-state index in [0.29, 0.717) is 12.4 Å². The Balaban J connectivity index is 1.62. The zero-order chi connectivity index (χ0) is 23.9. The van der Waals surface area contributed by atoms with Gasteiger partial charge >= 0.3 is 5.69 Å². The molecule has 4 aromatic rings. The van der Waals surface area contributed by atoms with Crippen LogP contribution < -0.4 is 5.69 Å². The highest BCUT2D eigenvalue weighted by atomic mass is 16.1. The van der Waals surface area contributed by atoms with Crippen molar-refractivity contribution < 1.29 is 0 Å². The summed E-state index contributed by atoms with van der Waals surface area (Å²) in [5, 5.41) is 14.2. The van der Waals surface area contributed by atoms with Crippen LogP contribution >= 0.6 is 0 Å². The zero-order valence-corrected chi connectivity index (χ0v) is 20.3. The minimum absolute atomic E-state index is 0.105. The van der Waals surface area contributed by atoms with Crippen LogP contribution in [0.2, 0.25) is 0 Å². The molecule has 0 atom stereocenters. The van der Waals surface area contributed by atoms with Gasteiger partial charge in [0.1, 0.15) is 0 Å². The van der Waals surface area contributed by atoms with Crippen molar-refractivity contribution in [3.8, 4) is 22.6 Å². The molecular formula is C26H33N7O.